The zero-order chi connectivity index (χ0) is 23.8. The van der Waals surface area contributed by atoms with Crippen molar-refractivity contribution in [3.05, 3.63) is 88.8 Å². The van der Waals surface area contributed by atoms with Crippen LogP contribution in [0.25, 0.3) is 11.8 Å². The van der Waals surface area contributed by atoms with Crippen molar-refractivity contribution in [3.63, 3.8) is 0 Å². The van der Waals surface area contributed by atoms with Crippen molar-refractivity contribution in [2.45, 2.75) is 20.3 Å². The van der Waals surface area contributed by atoms with E-state index >= 15 is 0 Å². The Labute approximate surface area is 202 Å². The van der Waals surface area contributed by atoms with Gasteiger partial charge in [-0.15, -0.1) is 0 Å². The second-order valence-corrected chi connectivity index (χ2v) is 9.05. The molecule has 7 nitrogen and oxygen atoms in total. The molecule has 8 heteroatoms. The fourth-order valence-corrected chi connectivity index (χ4v) is 5.07. The highest BCUT2D eigenvalue weighted by atomic mass is 32.2. The van der Waals surface area contributed by atoms with Crippen molar-refractivity contribution in [1.29, 1.82) is 5.41 Å². The number of methoxy groups -OCH3 is 1. The first kappa shape index (κ1) is 21.9. The smallest absolute Gasteiger partial charge is 0.283 e. The number of amides is 1. The van der Waals surface area contributed by atoms with Gasteiger partial charge < -0.3 is 9.30 Å². The average Bonchev–Trinajstić information content (AvgIpc) is 3.36. The summed E-state index contributed by atoms with van der Waals surface area (Å²) in [5.74, 6) is 0.364. The standard InChI is InChI=1S/C26H23N5O2S/c1-16-13-19(17(2)30(16)21-11-7-8-12-22(21)33-3)15-20-24(27)31-26(28-25(20)32)34-23(29-31)14-18-9-5-4-6-10-18/h4-13,15,27H,14H2,1-3H3/b20-15-,27-24?. The number of nitrogens with zero attached hydrogens (tertiary/aromatic N) is 4. The van der Waals surface area contributed by atoms with Gasteiger partial charge in [0, 0.05) is 17.8 Å². The Morgan fingerprint density at radius 1 is 1.09 bits per heavy atom. The molecule has 0 saturated heterocycles. The number of aromatic nitrogens is 1. The maximum atomic E-state index is 12.9. The molecule has 34 heavy (non-hydrogen) atoms. The second-order valence-electron chi connectivity index (χ2n) is 8.01. The highest BCUT2D eigenvalue weighted by Crippen LogP contribution is 2.32. The van der Waals surface area contributed by atoms with Gasteiger partial charge >= 0.3 is 0 Å². The number of fused-ring (bicyclic) bond motifs is 1. The molecule has 0 bridgehead atoms. The average molecular weight is 470 g/mol. The lowest BCUT2D eigenvalue weighted by molar-refractivity contribution is -0.114. The van der Waals surface area contributed by atoms with Gasteiger partial charge in [-0.05, 0) is 61.0 Å². The van der Waals surface area contributed by atoms with Gasteiger partial charge in [0.2, 0.25) is 5.17 Å². The second kappa shape index (κ2) is 8.79. The maximum Gasteiger partial charge on any atom is 0.283 e. The third-order valence-corrected chi connectivity index (χ3v) is 6.70. The molecule has 0 radical (unpaired) electrons. The van der Waals surface area contributed by atoms with Gasteiger partial charge in [-0.25, -0.2) is 0 Å². The zero-order valence-corrected chi connectivity index (χ0v) is 19.9. The fraction of sp³-hybridized carbons (Fsp3) is 0.154. The Kier molecular flexibility index (Phi) is 5.67. The number of hydrazone groups is 1. The highest BCUT2D eigenvalue weighted by Gasteiger charge is 2.35. The Morgan fingerprint density at radius 3 is 2.59 bits per heavy atom. The SMILES string of the molecule is COc1ccccc1-n1c(C)cc(/C=C2/C(=N)N3N=C(Cc4ccccc4)SC3=NC2=O)c1C. The van der Waals surface area contributed by atoms with Crippen LogP contribution >= 0.6 is 11.8 Å². The van der Waals surface area contributed by atoms with E-state index in [0.717, 1.165) is 39.0 Å². The Morgan fingerprint density at radius 2 is 1.82 bits per heavy atom. The van der Waals surface area contributed by atoms with E-state index in [1.807, 2.05) is 74.5 Å². The Bertz CT molecular complexity index is 1400. The third-order valence-electron chi connectivity index (χ3n) is 5.79. The molecule has 3 aromatic rings. The zero-order valence-electron chi connectivity index (χ0n) is 19.1. The Hall–Kier alpha value is -3.91. The van der Waals surface area contributed by atoms with Crippen LogP contribution in [0.2, 0.25) is 0 Å². The fourth-order valence-electron chi connectivity index (χ4n) is 4.15. The van der Waals surface area contributed by atoms with Crippen LogP contribution in [-0.2, 0) is 11.2 Å². The summed E-state index contributed by atoms with van der Waals surface area (Å²) in [4.78, 5) is 17.1. The van der Waals surface area contributed by atoms with Crippen LogP contribution in [0, 0.1) is 19.3 Å². The lowest BCUT2D eigenvalue weighted by Crippen LogP contribution is -2.35. The molecule has 0 aliphatic carbocycles. The molecule has 2 aromatic carbocycles. The number of rotatable bonds is 5. The Balaban J connectivity index is 1.48. The van der Waals surface area contributed by atoms with Gasteiger partial charge in [0.05, 0.1) is 18.4 Å². The van der Waals surface area contributed by atoms with E-state index in [1.54, 1.807) is 13.2 Å². The van der Waals surface area contributed by atoms with E-state index in [2.05, 4.69) is 14.7 Å². The number of aliphatic imine (C=N–C) groups is 1. The number of nitrogens with one attached hydrogen (secondary N) is 1. The third kappa shape index (κ3) is 3.86. The van der Waals surface area contributed by atoms with E-state index in [-0.39, 0.29) is 11.4 Å². The van der Waals surface area contributed by atoms with Gasteiger partial charge in [0.25, 0.3) is 5.91 Å². The van der Waals surface area contributed by atoms with E-state index in [9.17, 15) is 4.79 Å². The van der Waals surface area contributed by atoms with E-state index in [1.165, 1.54) is 16.8 Å². The lowest BCUT2D eigenvalue weighted by Gasteiger charge is -2.20. The quantitative estimate of drug-likeness (QED) is 0.535. The molecule has 0 fully saturated rings. The number of amidine groups is 2. The van der Waals surface area contributed by atoms with Crippen LogP contribution in [0.5, 0.6) is 5.75 Å². The summed E-state index contributed by atoms with van der Waals surface area (Å²) >= 11 is 1.34. The van der Waals surface area contributed by atoms with Crippen LogP contribution in [-0.4, -0.2) is 38.6 Å². The van der Waals surface area contributed by atoms with Crippen LogP contribution in [0.1, 0.15) is 22.5 Å². The molecule has 0 unspecified atom stereocenters. The summed E-state index contributed by atoms with van der Waals surface area (Å²) in [7, 11) is 1.65. The number of carbonyl (C=O) groups is 1. The van der Waals surface area contributed by atoms with Gasteiger partial charge in [-0.1, -0.05) is 42.5 Å². The van der Waals surface area contributed by atoms with Gasteiger partial charge in [0.1, 0.15) is 10.8 Å². The van der Waals surface area contributed by atoms with Crippen LogP contribution < -0.4 is 4.74 Å². The summed E-state index contributed by atoms with van der Waals surface area (Å²) < 4.78 is 7.62. The minimum absolute atomic E-state index is 0.0349. The first-order chi connectivity index (χ1) is 16.5. The van der Waals surface area contributed by atoms with Crippen molar-refractivity contribution in [1.82, 2.24) is 9.58 Å². The van der Waals surface area contributed by atoms with Gasteiger partial charge in [-0.3, -0.25) is 10.2 Å². The molecule has 0 spiro atoms. The molecule has 0 atom stereocenters. The van der Waals surface area contributed by atoms with Gasteiger partial charge in [-0.2, -0.15) is 15.1 Å². The van der Waals surface area contributed by atoms with Crippen LogP contribution in [0.4, 0.5) is 0 Å². The molecule has 1 aromatic heterocycles. The number of benzene rings is 2. The summed E-state index contributed by atoms with van der Waals surface area (Å²) in [5, 5.41) is 15.9. The maximum absolute atomic E-state index is 12.9. The van der Waals surface area contributed by atoms with Crippen molar-refractivity contribution in [3.8, 4) is 11.4 Å². The van der Waals surface area contributed by atoms with Crippen LogP contribution in [0.15, 0.2) is 76.3 Å². The first-order valence-electron chi connectivity index (χ1n) is 10.8. The summed E-state index contributed by atoms with van der Waals surface area (Å²) in [6, 6.07) is 19.8. The summed E-state index contributed by atoms with van der Waals surface area (Å²) in [5.41, 5.74) is 5.03. The molecular formula is C26H23N5O2S. The number of hydrogen-bond acceptors (Lipinski definition) is 5. The van der Waals surface area contributed by atoms with Gasteiger partial charge in [0.15, 0.2) is 5.84 Å². The molecule has 2 aliphatic rings. The minimum Gasteiger partial charge on any atom is -0.495 e. The molecule has 3 heterocycles. The summed E-state index contributed by atoms with van der Waals surface area (Å²) in [6.45, 7) is 3.99. The number of hydrogen-bond donors (Lipinski definition) is 1. The molecule has 1 amide bonds. The molecular weight excluding hydrogens is 446 g/mol. The van der Waals surface area contributed by atoms with E-state index in [4.69, 9.17) is 10.1 Å². The molecule has 2 aliphatic heterocycles. The largest absolute Gasteiger partial charge is 0.495 e. The minimum atomic E-state index is -0.429. The van der Waals surface area contributed by atoms with Crippen molar-refractivity contribution in [2.75, 3.05) is 7.11 Å². The summed E-state index contributed by atoms with van der Waals surface area (Å²) in [6.07, 6.45) is 2.36. The normalized spacial score (nSPS) is 16.6. The van der Waals surface area contributed by atoms with Crippen LogP contribution in [0.3, 0.4) is 0 Å². The van der Waals surface area contributed by atoms with E-state index in [0.29, 0.717) is 11.6 Å². The number of thioether (sulfide) groups is 1. The molecule has 0 saturated carbocycles. The number of aryl methyl sites for hydroxylation is 1. The molecule has 170 valence electrons. The number of carbonyl (C=O) groups excluding carboxylic acids is 1. The predicted octanol–water partition coefficient (Wildman–Crippen LogP) is 4.96. The number of para-hydroxylation sites is 2. The monoisotopic (exact) mass is 469 g/mol. The highest BCUT2D eigenvalue weighted by molar-refractivity contribution is 8.26. The lowest BCUT2D eigenvalue weighted by atomic mass is 10.1. The molecule has 5 rings (SSSR count). The number of ether oxygens (including phenoxy) is 1. The predicted molar refractivity (Wildman–Crippen MR) is 137 cm³/mol. The topological polar surface area (TPSA) is 83.0 Å². The first-order valence-corrected chi connectivity index (χ1v) is 11.6. The molecule has 1 N–H and O–H groups in total. The van der Waals surface area contributed by atoms with Crippen molar-refractivity contribution >= 4 is 39.8 Å². The van der Waals surface area contributed by atoms with Crippen molar-refractivity contribution in [2.24, 2.45) is 10.1 Å². The van der Waals surface area contributed by atoms with E-state index < -0.39 is 5.91 Å². The van der Waals surface area contributed by atoms with Crippen molar-refractivity contribution < 1.29 is 9.53 Å².